The molecular formula is C6H11N2O. The van der Waals surface area contributed by atoms with Crippen molar-refractivity contribution in [1.82, 2.24) is 4.90 Å². The van der Waals surface area contributed by atoms with Crippen LogP contribution < -0.4 is 5.73 Å². The van der Waals surface area contributed by atoms with E-state index in [0.29, 0.717) is 6.54 Å². The first-order valence-electron chi connectivity index (χ1n) is 3.15. The molecule has 0 atom stereocenters. The van der Waals surface area contributed by atoms with Crippen LogP contribution in [0.3, 0.4) is 0 Å². The Morgan fingerprint density at radius 1 is 1.78 bits per heavy atom. The minimum absolute atomic E-state index is 0.242. The van der Waals surface area contributed by atoms with Crippen LogP contribution in [0.1, 0.15) is 12.8 Å². The Bertz CT molecular complexity index is 108. The van der Waals surface area contributed by atoms with Gasteiger partial charge in [-0.3, -0.25) is 9.69 Å². The van der Waals surface area contributed by atoms with Crippen molar-refractivity contribution in [2.24, 2.45) is 5.73 Å². The number of hydrogen-bond acceptors (Lipinski definition) is 2. The van der Waals surface area contributed by atoms with E-state index in [1.165, 1.54) is 0 Å². The summed E-state index contributed by atoms with van der Waals surface area (Å²) in [7, 11) is 0. The molecule has 3 nitrogen and oxygen atoms in total. The number of primary amides is 1. The van der Waals surface area contributed by atoms with Crippen LogP contribution in [-0.2, 0) is 4.79 Å². The Balaban J connectivity index is 2.19. The minimum Gasteiger partial charge on any atom is -0.369 e. The lowest BCUT2D eigenvalue weighted by molar-refractivity contribution is -0.118. The van der Waals surface area contributed by atoms with Gasteiger partial charge in [0, 0.05) is 6.54 Å². The molecule has 1 amide bonds. The van der Waals surface area contributed by atoms with Crippen LogP contribution in [0.5, 0.6) is 0 Å². The summed E-state index contributed by atoms with van der Waals surface area (Å²) < 4.78 is 0. The van der Waals surface area contributed by atoms with Crippen molar-refractivity contribution in [2.45, 2.75) is 12.8 Å². The van der Waals surface area contributed by atoms with Gasteiger partial charge in [0.05, 0.1) is 6.54 Å². The van der Waals surface area contributed by atoms with Gasteiger partial charge in [0.25, 0.3) is 0 Å². The quantitative estimate of drug-likeness (QED) is 0.555. The molecule has 0 aromatic heterocycles. The Morgan fingerprint density at radius 3 is 3.00 bits per heavy atom. The molecule has 1 rings (SSSR count). The maximum absolute atomic E-state index is 10.3. The van der Waals surface area contributed by atoms with E-state index < -0.39 is 0 Å². The predicted molar refractivity (Wildman–Crippen MR) is 34.3 cm³/mol. The van der Waals surface area contributed by atoms with Crippen LogP contribution in [0.4, 0.5) is 0 Å². The molecule has 0 aromatic rings. The van der Waals surface area contributed by atoms with E-state index in [0.717, 1.165) is 19.4 Å². The molecule has 1 aliphatic heterocycles. The molecule has 0 bridgehead atoms. The number of nitrogens with zero attached hydrogens (tertiary/aromatic N) is 1. The van der Waals surface area contributed by atoms with Crippen LogP contribution in [0.2, 0.25) is 0 Å². The van der Waals surface area contributed by atoms with Gasteiger partial charge in [-0.15, -0.1) is 0 Å². The fraction of sp³-hybridized carbons (Fsp3) is 0.667. The lowest BCUT2D eigenvalue weighted by atomic mass is 10.4. The van der Waals surface area contributed by atoms with Crippen molar-refractivity contribution >= 4 is 5.91 Å². The third-order valence-electron chi connectivity index (χ3n) is 1.40. The molecule has 1 aliphatic rings. The number of carbonyl (C=O) groups excluding carboxylic acids is 1. The molecule has 0 aliphatic carbocycles. The van der Waals surface area contributed by atoms with E-state index in [2.05, 4.69) is 0 Å². The van der Waals surface area contributed by atoms with Gasteiger partial charge in [0.2, 0.25) is 5.91 Å². The third kappa shape index (κ3) is 2.01. The van der Waals surface area contributed by atoms with Crippen LogP contribution >= 0.6 is 0 Å². The molecule has 0 spiro atoms. The summed E-state index contributed by atoms with van der Waals surface area (Å²) >= 11 is 0. The van der Waals surface area contributed by atoms with Crippen LogP contribution in [0.15, 0.2) is 0 Å². The largest absolute Gasteiger partial charge is 0.369 e. The van der Waals surface area contributed by atoms with Gasteiger partial charge in [0.1, 0.15) is 0 Å². The summed E-state index contributed by atoms with van der Waals surface area (Å²) in [4.78, 5) is 12.3. The molecule has 1 heterocycles. The average molecular weight is 127 g/mol. The summed E-state index contributed by atoms with van der Waals surface area (Å²) in [6.07, 6.45) is 2.25. The Labute approximate surface area is 54.8 Å². The van der Waals surface area contributed by atoms with Gasteiger partial charge in [-0.25, -0.2) is 0 Å². The standard InChI is InChI=1S/C6H11N2O/c7-6(9)5-8-3-1-2-4-8/h3H,1-2,4-5H2,(H2,7,9). The number of rotatable bonds is 2. The van der Waals surface area contributed by atoms with E-state index in [9.17, 15) is 4.79 Å². The highest BCUT2D eigenvalue weighted by molar-refractivity contribution is 5.76. The monoisotopic (exact) mass is 127 g/mol. The summed E-state index contributed by atoms with van der Waals surface area (Å²) in [5, 5.41) is 0. The number of amides is 1. The topological polar surface area (TPSA) is 46.3 Å². The highest BCUT2D eigenvalue weighted by atomic mass is 16.1. The molecule has 0 saturated carbocycles. The van der Waals surface area contributed by atoms with E-state index in [4.69, 9.17) is 5.73 Å². The summed E-state index contributed by atoms with van der Waals surface area (Å²) in [5.41, 5.74) is 4.97. The van der Waals surface area contributed by atoms with Crippen molar-refractivity contribution in [1.29, 1.82) is 0 Å². The third-order valence-corrected chi connectivity index (χ3v) is 1.40. The number of carbonyl (C=O) groups is 1. The van der Waals surface area contributed by atoms with E-state index in [-0.39, 0.29) is 5.91 Å². The summed E-state index contributed by atoms with van der Waals surface area (Å²) in [5.74, 6) is -0.242. The average Bonchev–Trinajstić information content (AvgIpc) is 2.15. The SMILES string of the molecule is NC(=O)CN1[CH]CCC1. The Hall–Kier alpha value is -0.570. The number of likely N-dealkylation sites (tertiary alicyclic amines) is 1. The molecule has 0 unspecified atom stereocenters. The molecular weight excluding hydrogens is 116 g/mol. The van der Waals surface area contributed by atoms with Gasteiger partial charge >= 0.3 is 0 Å². The number of hydrogen-bond donors (Lipinski definition) is 1. The van der Waals surface area contributed by atoms with Crippen LogP contribution in [-0.4, -0.2) is 23.9 Å². The molecule has 3 heteroatoms. The van der Waals surface area contributed by atoms with Gasteiger partial charge in [-0.1, -0.05) is 0 Å². The Kier molecular flexibility index (Phi) is 2.05. The maximum atomic E-state index is 10.3. The predicted octanol–water partition coefficient (Wildman–Crippen LogP) is -0.271. The highest BCUT2D eigenvalue weighted by Crippen LogP contribution is 2.10. The molecule has 1 fully saturated rings. The van der Waals surface area contributed by atoms with Crippen molar-refractivity contribution < 1.29 is 4.79 Å². The summed E-state index contributed by atoms with van der Waals surface area (Å²) in [6.45, 7) is 3.41. The smallest absolute Gasteiger partial charge is 0.231 e. The Morgan fingerprint density at radius 2 is 2.56 bits per heavy atom. The summed E-state index contributed by atoms with van der Waals surface area (Å²) in [6, 6.07) is 0. The molecule has 2 N–H and O–H groups in total. The van der Waals surface area contributed by atoms with Gasteiger partial charge < -0.3 is 5.73 Å². The number of nitrogens with two attached hydrogens (primary N) is 1. The highest BCUT2D eigenvalue weighted by Gasteiger charge is 2.12. The van der Waals surface area contributed by atoms with Crippen molar-refractivity contribution in [3.63, 3.8) is 0 Å². The fourth-order valence-electron chi connectivity index (χ4n) is 1.00. The lowest BCUT2D eigenvalue weighted by Crippen LogP contribution is -2.29. The van der Waals surface area contributed by atoms with E-state index >= 15 is 0 Å². The zero-order valence-corrected chi connectivity index (χ0v) is 5.34. The normalized spacial score (nSPS) is 20.4. The fourth-order valence-corrected chi connectivity index (χ4v) is 1.00. The van der Waals surface area contributed by atoms with E-state index in [1.54, 1.807) is 0 Å². The van der Waals surface area contributed by atoms with Gasteiger partial charge in [-0.05, 0) is 19.4 Å². The first-order valence-corrected chi connectivity index (χ1v) is 3.15. The second-order valence-corrected chi connectivity index (χ2v) is 2.26. The maximum Gasteiger partial charge on any atom is 0.231 e. The molecule has 51 valence electrons. The van der Waals surface area contributed by atoms with Gasteiger partial charge in [0.15, 0.2) is 0 Å². The molecule has 1 radical (unpaired) electrons. The van der Waals surface area contributed by atoms with Crippen molar-refractivity contribution in [3.8, 4) is 0 Å². The molecule has 9 heavy (non-hydrogen) atoms. The zero-order valence-electron chi connectivity index (χ0n) is 5.34. The van der Waals surface area contributed by atoms with Crippen LogP contribution in [0, 0.1) is 6.54 Å². The van der Waals surface area contributed by atoms with Crippen LogP contribution in [0.25, 0.3) is 0 Å². The zero-order chi connectivity index (χ0) is 6.69. The second kappa shape index (κ2) is 2.82. The van der Waals surface area contributed by atoms with Crippen molar-refractivity contribution in [2.75, 3.05) is 13.1 Å². The van der Waals surface area contributed by atoms with Crippen molar-refractivity contribution in [3.05, 3.63) is 6.54 Å². The first kappa shape index (κ1) is 6.55. The molecule has 1 saturated heterocycles. The lowest BCUT2D eigenvalue weighted by Gasteiger charge is -2.09. The first-order chi connectivity index (χ1) is 4.29. The molecule has 0 aromatic carbocycles. The van der Waals surface area contributed by atoms with E-state index in [1.807, 2.05) is 11.4 Å². The minimum atomic E-state index is -0.242. The van der Waals surface area contributed by atoms with Gasteiger partial charge in [-0.2, -0.15) is 0 Å². The second-order valence-electron chi connectivity index (χ2n) is 2.26.